The first-order valence-corrected chi connectivity index (χ1v) is 7.05. The Balaban J connectivity index is 1.58. The summed E-state index contributed by atoms with van der Waals surface area (Å²) >= 11 is 0. The molecule has 1 N–H and O–H groups in total. The van der Waals surface area contributed by atoms with Crippen molar-refractivity contribution in [1.82, 2.24) is 5.32 Å². The van der Waals surface area contributed by atoms with E-state index in [1.165, 1.54) is 31.1 Å². The number of benzene rings is 1. The molecule has 3 rings (SSSR count). The van der Waals surface area contributed by atoms with Gasteiger partial charge in [0.1, 0.15) is 11.3 Å². The molecule has 1 aromatic carbocycles. The predicted octanol–water partition coefficient (Wildman–Crippen LogP) is 4.27. The van der Waals surface area contributed by atoms with E-state index < -0.39 is 0 Å². The molecule has 0 saturated heterocycles. The van der Waals surface area contributed by atoms with Gasteiger partial charge in [0.15, 0.2) is 0 Å². The zero-order valence-electron chi connectivity index (χ0n) is 11.0. The number of para-hydroxylation sites is 1. The molecule has 1 saturated carbocycles. The molecular formula is C16H21NO. The number of hydrogen-bond donors (Lipinski definition) is 1. The van der Waals surface area contributed by atoms with Gasteiger partial charge >= 0.3 is 0 Å². The van der Waals surface area contributed by atoms with Crippen molar-refractivity contribution in [2.24, 2.45) is 5.92 Å². The predicted molar refractivity (Wildman–Crippen MR) is 74.6 cm³/mol. The summed E-state index contributed by atoms with van der Waals surface area (Å²) in [5.41, 5.74) is 0.986. The summed E-state index contributed by atoms with van der Waals surface area (Å²) in [4.78, 5) is 0. The molecule has 1 aliphatic rings. The smallest absolute Gasteiger partial charge is 0.134 e. The highest BCUT2D eigenvalue weighted by atomic mass is 16.3. The Bertz CT molecular complexity index is 480. The summed E-state index contributed by atoms with van der Waals surface area (Å²) in [5, 5.41) is 4.76. The van der Waals surface area contributed by atoms with Gasteiger partial charge in [0, 0.05) is 5.39 Å². The average molecular weight is 243 g/mol. The largest absolute Gasteiger partial charge is 0.459 e. The maximum atomic E-state index is 5.87. The molecule has 0 bridgehead atoms. The van der Waals surface area contributed by atoms with Gasteiger partial charge in [0.25, 0.3) is 0 Å². The Labute approximate surface area is 108 Å². The second kappa shape index (κ2) is 5.15. The molecule has 1 aliphatic carbocycles. The SMILES string of the molecule is CC(NCCC1CCC1)c1cc2ccccc2o1. The monoisotopic (exact) mass is 243 g/mol. The normalized spacial score (nSPS) is 17.8. The van der Waals surface area contributed by atoms with Crippen LogP contribution in [0.25, 0.3) is 11.0 Å². The fourth-order valence-electron chi connectivity index (χ4n) is 2.60. The van der Waals surface area contributed by atoms with Gasteiger partial charge in [-0.3, -0.25) is 0 Å². The van der Waals surface area contributed by atoms with Crippen molar-refractivity contribution >= 4 is 11.0 Å². The van der Waals surface area contributed by atoms with E-state index in [-0.39, 0.29) is 0 Å². The second-order valence-corrected chi connectivity index (χ2v) is 5.45. The number of furan rings is 1. The summed E-state index contributed by atoms with van der Waals surface area (Å²) in [6.07, 6.45) is 5.61. The third-order valence-corrected chi connectivity index (χ3v) is 4.10. The highest BCUT2D eigenvalue weighted by molar-refractivity contribution is 5.77. The Morgan fingerprint density at radius 3 is 2.89 bits per heavy atom. The minimum Gasteiger partial charge on any atom is -0.459 e. The van der Waals surface area contributed by atoms with Crippen molar-refractivity contribution in [2.45, 2.75) is 38.6 Å². The van der Waals surface area contributed by atoms with Gasteiger partial charge < -0.3 is 9.73 Å². The quantitative estimate of drug-likeness (QED) is 0.848. The molecule has 2 aromatic rings. The van der Waals surface area contributed by atoms with Crippen molar-refractivity contribution in [3.63, 3.8) is 0 Å². The van der Waals surface area contributed by atoms with Crippen molar-refractivity contribution < 1.29 is 4.42 Å². The van der Waals surface area contributed by atoms with Crippen LogP contribution in [0.5, 0.6) is 0 Å². The zero-order chi connectivity index (χ0) is 12.4. The van der Waals surface area contributed by atoms with E-state index in [1.807, 2.05) is 12.1 Å². The summed E-state index contributed by atoms with van der Waals surface area (Å²) in [6, 6.07) is 10.7. The summed E-state index contributed by atoms with van der Waals surface area (Å²) < 4.78 is 5.87. The summed E-state index contributed by atoms with van der Waals surface area (Å²) in [6.45, 7) is 3.28. The van der Waals surface area contributed by atoms with Crippen LogP contribution in [0.1, 0.15) is 44.4 Å². The van der Waals surface area contributed by atoms with Crippen LogP contribution in [-0.2, 0) is 0 Å². The molecule has 1 fully saturated rings. The van der Waals surface area contributed by atoms with Crippen LogP contribution < -0.4 is 5.32 Å². The third kappa shape index (κ3) is 2.44. The molecule has 18 heavy (non-hydrogen) atoms. The molecule has 1 heterocycles. The van der Waals surface area contributed by atoms with Gasteiger partial charge in [-0.15, -0.1) is 0 Å². The molecule has 2 heteroatoms. The topological polar surface area (TPSA) is 25.2 Å². The van der Waals surface area contributed by atoms with E-state index in [0.29, 0.717) is 6.04 Å². The van der Waals surface area contributed by atoms with Crippen LogP contribution in [-0.4, -0.2) is 6.54 Å². The molecule has 2 nitrogen and oxygen atoms in total. The Kier molecular flexibility index (Phi) is 3.37. The third-order valence-electron chi connectivity index (χ3n) is 4.10. The molecule has 96 valence electrons. The first-order chi connectivity index (χ1) is 8.83. The van der Waals surface area contributed by atoms with Crippen LogP contribution in [0.2, 0.25) is 0 Å². The van der Waals surface area contributed by atoms with E-state index in [9.17, 15) is 0 Å². The molecule has 1 unspecified atom stereocenters. The number of fused-ring (bicyclic) bond motifs is 1. The minimum absolute atomic E-state index is 0.303. The molecule has 0 radical (unpaired) electrons. The summed E-state index contributed by atoms with van der Waals surface area (Å²) in [5.74, 6) is 2.02. The molecular weight excluding hydrogens is 222 g/mol. The molecule has 1 aromatic heterocycles. The number of nitrogens with one attached hydrogen (secondary N) is 1. The maximum Gasteiger partial charge on any atom is 0.134 e. The van der Waals surface area contributed by atoms with Crippen LogP contribution in [0.4, 0.5) is 0 Å². The van der Waals surface area contributed by atoms with Gasteiger partial charge in [-0.2, -0.15) is 0 Å². The Hall–Kier alpha value is -1.28. The Morgan fingerprint density at radius 1 is 1.33 bits per heavy atom. The summed E-state index contributed by atoms with van der Waals surface area (Å²) in [7, 11) is 0. The molecule has 1 atom stereocenters. The van der Waals surface area contributed by atoms with E-state index >= 15 is 0 Å². The lowest BCUT2D eigenvalue weighted by molar-refractivity contribution is 0.286. The Morgan fingerprint density at radius 2 is 2.17 bits per heavy atom. The van der Waals surface area contributed by atoms with Gasteiger partial charge in [-0.1, -0.05) is 37.5 Å². The van der Waals surface area contributed by atoms with Crippen molar-refractivity contribution in [2.75, 3.05) is 6.54 Å². The van der Waals surface area contributed by atoms with E-state index in [1.54, 1.807) is 0 Å². The lowest BCUT2D eigenvalue weighted by Crippen LogP contribution is -2.23. The van der Waals surface area contributed by atoms with E-state index in [0.717, 1.165) is 23.8 Å². The van der Waals surface area contributed by atoms with Crippen LogP contribution in [0.15, 0.2) is 34.7 Å². The van der Waals surface area contributed by atoms with Crippen molar-refractivity contribution in [3.05, 3.63) is 36.1 Å². The second-order valence-electron chi connectivity index (χ2n) is 5.45. The molecule has 0 spiro atoms. The fraction of sp³-hybridized carbons (Fsp3) is 0.500. The maximum absolute atomic E-state index is 5.87. The van der Waals surface area contributed by atoms with Crippen molar-refractivity contribution in [3.8, 4) is 0 Å². The molecule has 0 amide bonds. The minimum atomic E-state index is 0.303. The number of rotatable bonds is 5. The average Bonchev–Trinajstić information content (AvgIpc) is 2.75. The number of hydrogen-bond acceptors (Lipinski definition) is 2. The van der Waals surface area contributed by atoms with Crippen LogP contribution in [0.3, 0.4) is 0 Å². The van der Waals surface area contributed by atoms with Crippen LogP contribution >= 0.6 is 0 Å². The standard InChI is InChI=1S/C16H21NO/c1-12(17-10-9-13-5-4-6-13)16-11-14-7-2-3-8-15(14)18-16/h2-3,7-8,11-13,17H,4-6,9-10H2,1H3. The highest BCUT2D eigenvalue weighted by Gasteiger charge is 2.17. The molecule has 0 aliphatic heterocycles. The first kappa shape index (κ1) is 11.8. The lowest BCUT2D eigenvalue weighted by atomic mass is 9.83. The zero-order valence-corrected chi connectivity index (χ0v) is 11.0. The first-order valence-electron chi connectivity index (χ1n) is 7.05. The van der Waals surface area contributed by atoms with Gasteiger partial charge in [0.05, 0.1) is 6.04 Å². The van der Waals surface area contributed by atoms with Gasteiger partial charge in [-0.05, 0) is 37.9 Å². The van der Waals surface area contributed by atoms with E-state index in [4.69, 9.17) is 4.42 Å². The van der Waals surface area contributed by atoms with E-state index in [2.05, 4.69) is 30.4 Å². The van der Waals surface area contributed by atoms with Crippen molar-refractivity contribution in [1.29, 1.82) is 0 Å². The lowest BCUT2D eigenvalue weighted by Gasteiger charge is -2.25. The van der Waals surface area contributed by atoms with Crippen LogP contribution in [0, 0.1) is 5.92 Å². The highest BCUT2D eigenvalue weighted by Crippen LogP contribution is 2.29. The van der Waals surface area contributed by atoms with Gasteiger partial charge in [-0.25, -0.2) is 0 Å². The fourth-order valence-corrected chi connectivity index (χ4v) is 2.60. The van der Waals surface area contributed by atoms with Gasteiger partial charge in [0.2, 0.25) is 0 Å².